The van der Waals surface area contributed by atoms with Crippen LogP contribution in [0.5, 0.6) is 5.75 Å². The van der Waals surface area contributed by atoms with Gasteiger partial charge in [-0.1, -0.05) is 30.3 Å². The summed E-state index contributed by atoms with van der Waals surface area (Å²) in [6.45, 7) is 9.43. The fourth-order valence-corrected chi connectivity index (χ4v) is 4.10. The van der Waals surface area contributed by atoms with E-state index in [2.05, 4.69) is 28.9 Å². The summed E-state index contributed by atoms with van der Waals surface area (Å²) in [6.07, 6.45) is 0. The first-order valence-corrected chi connectivity index (χ1v) is 11.0. The highest BCUT2D eigenvalue weighted by molar-refractivity contribution is 5.98. The minimum Gasteiger partial charge on any atom is -0.494 e. The van der Waals surface area contributed by atoms with E-state index in [0.717, 1.165) is 55.1 Å². The predicted molar refractivity (Wildman–Crippen MR) is 123 cm³/mol. The molecule has 0 radical (unpaired) electrons. The molecule has 0 aliphatic carbocycles. The Morgan fingerprint density at radius 2 is 1.94 bits per heavy atom. The molecule has 6 nitrogen and oxygen atoms in total. The Hall–Kier alpha value is -2.83. The van der Waals surface area contributed by atoms with Gasteiger partial charge in [-0.05, 0) is 37.6 Å². The Balaban J connectivity index is 1.58. The van der Waals surface area contributed by atoms with Crippen molar-refractivity contribution in [3.63, 3.8) is 0 Å². The van der Waals surface area contributed by atoms with Gasteiger partial charge < -0.3 is 19.4 Å². The van der Waals surface area contributed by atoms with E-state index in [1.165, 1.54) is 0 Å². The van der Waals surface area contributed by atoms with E-state index < -0.39 is 0 Å². The molecule has 1 saturated heterocycles. The van der Waals surface area contributed by atoms with Gasteiger partial charge in [-0.2, -0.15) is 0 Å². The molecule has 1 aliphatic rings. The number of H-pyrrole nitrogens is 1. The van der Waals surface area contributed by atoms with E-state index in [-0.39, 0.29) is 11.9 Å². The number of aromatic amines is 1. The predicted octanol–water partition coefficient (Wildman–Crippen LogP) is 3.93. The van der Waals surface area contributed by atoms with Crippen LogP contribution in [0.3, 0.4) is 0 Å². The standard InChI is InChI=1S/C25H31N3O3/c1-3-31-22-10-9-21-15-24(26-23(21)16-22)25(29)28(18-20-7-5-4-6-8-20)19(2)17-27-11-13-30-14-12-27/h4-10,15-16,19,26H,3,11-14,17-18H2,1-2H3. The van der Waals surface area contributed by atoms with Gasteiger partial charge >= 0.3 is 0 Å². The number of carbonyl (C=O) groups is 1. The lowest BCUT2D eigenvalue weighted by molar-refractivity contribution is 0.0227. The molecule has 1 unspecified atom stereocenters. The van der Waals surface area contributed by atoms with Crippen molar-refractivity contribution in [2.45, 2.75) is 26.4 Å². The maximum atomic E-state index is 13.6. The molecule has 0 spiro atoms. The number of fused-ring (bicyclic) bond motifs is 1. The smallest absolute Gasteiger partial charge is 0.270 e. The number of morpholine rings is 1. The largest absolute Gasteiger partial charge is 0.494 e. The second-order valence-electron chi connectivity index (χ2n) is 8.05. The number of hydrogen-bond donors (Lipinski definition) is 1. The molecular weight excluding hydrogens is 390 g/mol. The van der Waals surface area contributed by atoms with E-state index >= 15 is 0 Å². The lowest BCUT2D eigenvalue weighted by Crippen LogP contribution is -2.48. The summed E-state index contributed by atoms with van der Waals surface area (Å²) in [5.74, 6) is 0.816. The number of aromatic nitrogens is 1. The van der Waals surface area contributed by atoms with Crippen LogP contribution in [0.2, 0.25) is 0 Å². The van der Waals surface area contributed by atoms with E-state index in [1.54, 1.807) is 0 Å². The summed E-state index contributed by atoms with van der Waals surface area (Å²) >= 11 is 0. The maximum Gasteiger partial charge on any atom is 0.270 e. The number of benzene rings is 2. The molecule has 2 heterocycles. The molecule has 1 fully saturated rings. The summed E-state index contributed by atoms with van der Waals surface area (Å²) in [7, 11) is 0. The number of hydrogen-bond acceptors (Lipinski definition) is 4. The van der Waals surface area contributed by atoms with E-state index in [9.17, 15) is 4.79 Å². The zero-order valence-corrected chi connectivity index (χ0v) is 18.3. The second kappa shape index (κ2) is 9.98. The Bertz CT molecular complexity index is 996. The summed E-state index contributed by atoms with van der Waals surface area (Å²) in [5.41, 5.74) is 2.64. The van der Waals surface area contributed by atoms with Gasteiger partial charge in [0.15, 0.2) is 0 Å². The van der Waals surface area contributed by atoms with Crippen LogP contribution >= 0.6 is 0 Å². The van der Waals surface area contributed by atoms with Crippen LogP contribution < -0.4 is 4.74 Å². The summed E-state index contributed by atoms with van der Waals surface area (Å²) in [6, 6.07) is 18.1. The molecule has 31 heavy (non-hydrogen) atoms. The van der Waals surface area contributed by atoms with Crippen molar-refractivity contribution in [3.05, 3.63) is 65.9 Å². The van der Waals surface area contributed by atoms with E-state index in [4.69, 9.17) is 9.47 Å². The highest BCUT2D eigenvalue weighted by Gasteiger charge is 2.25. The summed E-state index contributed by atoms with van der Waals surface area (Å²) in [4.78, 5) is 21.3. The highest BCUT2D eigenvalue weighted by atomic mass is 16.5. The zero-order valence-electron chi connectivity index (χ0n) is 18.3. The second-order valence-corrected chi connectivity index (χ2v) is 8.05. The van der Waals surface area contributed by atoms with Gasteiger partial charge in [0.2, 0.25) is 0 Å². The third kappa shape index (κ3) is 5.27. The van der Waals surface area contributed by atoms with Gasteiger partial charge in [-0.15, -0.1) is 0 Å². The lowest BCUT2D eigenvalue weighted by atomic mass is 10.1. The molecule has 164 valence electrons. The Kier molecular flexibility index (Phi) is 6.89. The van der Waals surface area contributed by atoms with Gasteiger partial charge in [-0.3, -0.25) is 9.69 Å². The molecule has 3 aromatic rings. The SMILES string of the molecule is CCOc1ccc2cc(C(=O)N(Cc3ccccc3)C(C)CN3CCOCC3)[nH]c2c1. The average molecular weight is 422 g/mol. The van der Waals surface area contributed by atoms with Crippen molar-refractivity contribution in [1.29, 1.82) is 0 Å². The van der Waals surface area contributed by atoms with Crippen molar-refractivity contribution < 1.29 is 14.3 Å². The molecule has 6 heteroatoms. The molecule has 0 bridgehead atoms. The lowest BCUT2D eigenvalue weighted by Gasteiger charge is -2.35. The van der Waals surface area contributed by atoms with Crippen LogP contribution in [0.4, 0.5) is 0 Å². The van der Waals surface area contributed by atoms with Crippen molar-refractivity contribution in [2.75, 3.05) is 39.5 Å². The topological polar surface area (TPSA) is 57.8 Å². The number of nitrogens with one attached hydrogen (secondary N) is 1. The van der Waals surface area contributed by atoms with Crippen LogP contribution in [0, 0.1) is 0 Å². The van der Waals surface area contributed by atoms with Crippen LogP contribution in [-0.2, 0) is 11.3 Å². The highest BCUT2D eigenvalue weighted by Crippen LogP contribution is 2.23. The van der Waals surface area contributed by atoms with Gasteiger partial charge in [-0.25, -0.2) is 0 Å². The van der Waals surface area contributed by atoms with Crippen molar-refractivity contribution in [2.24, 2.45) is 0 Å². The summed E-state index contributed by atoms with van der Waals surface area (Å²) < 4.78 is 11.1. The average Bonchev–Trinajstić information content (AvgIpc) is 3.22. The van der Waals surface area contributed by atoms with Crippen LogP contribution in [0.15, 0.2) is 54.6 Å². The minimum absolute atomic E-state index is 0.0128. The van der Waals surface area contributed by atoms with Crippen molar-refractivity contribution in [3.8, 4) is 5.75 Å². The fourth-order valence-electron chi connectivity index (χ4n) is 4.10. The Morgan fingerprint density at radius 1 is 1.16 bits per heavy atom. The molecule has 2 aromatic carbocycles. The molecular formula is C25H31N3O3. The summed E-state index contributed by atoms with van der Waals surface area (Å²) in [5, 5.41) is 1.01. The molecule has 4 rings (SSSR count). The Labute approximate surface area is 183 Å². The normalized spacial score (nSPS) is 15.7. The number of carbonyl (C=O) groups excluding carboxylic acids is 1. The monoisotopic (exact) mass is 421 g/mol. The molecule has 1 aromatic heterocycles. The van der Waals surface area contributed by atoms with Gasteiger partial charge in [0.1, 0.15) is 11.4 Å². The maximum absolute atomic E-state index is 13.6. The number of ether oxygens (including phenoxy) is 2. The van der Waals surface area contributed by atoms with Crippen LogP contribution in [0.25, 0.3) is 10.9 Å². The number of nitrogens with zero attached hydrogens (tertiary/aromatic N) is 2. The van der Waals surface area contributed by atoms with E-state index in [0.29, 0.717) is 18.8 Å². The third-order valence-corrected chi connectivity index (χ3v) is 5.75. The van der Waals surface area contributed by atoms with Crippen LogP contribution in [0.1, 0.15) is 29.9 Å². The molecule has 1 atom stereocenters. The fraction of sp³-hybridized carbons (Fsp3) is 0.400. The quantitative estimate of drug-likeness (QED) is 0.599. The minimum atomic E-state index is 0.0128. The molecule has 0 saturated carbocycles. The van der Waals surface area contributed by atoms with Gasteiger partial charge in [0, 0.05) is 49.2 Å². The first-order valence-electron chi connectivity index (χ1n) is 11.0. The van der Waals surface area contributed by atoms with Crippen molar-refractivity contribution >= 4 is 16.8 Å². The number of amides is 1. The zero-order chi connectivity index (χ0) is 21.6. The number of rotatable bonds is 8. The van der Waals surface area contributed by atoms with E-state index in [1.807, 2.05) is 54.3 Å². The first kappa shape index (κ1) is 21.4. The molecule has 1 aliphatic heterocycles. The molecule has 1 amide bonds. The van der Waals surface area contributed by atoms with Crippen LogP contribution in [-0.4, -0.2) is 66.2 Å². The third-order valence-electron chi connectivity index (χ3n) is 5.75. The van der Waals surface area contributed by atoms with Gasteiger partial charge in [0.05, 0.1) is 19.8 Å². The first-order chi connectivity index (χ1) is 15.1. The van der Waals surface area contributed by atoms with Gasteiger partial charge in [0.25, 0.3) is 5.91 Å². The Morgan fingerprint density at radius 3 is 2.68 bits per heavy atom. The van der Waals surface area contributed by atoms with Crippen molar-refractivity contribution in [1.82, 2.24) is 14.8 Å². The molecule has 1 N–H and O–H groups in total.